The predicted molar refractivity (Wildman–Crippen MR) is 84.8 cm³/mol. The smallest absolute Gasteiger partial charge is 0.327 e. The van der Waals surface area contributed by atoms with Crippen molar-refractivity contribution in [2.75, 3.05) is 14.2 Å². The van der Waals surface area contributed by atoms with Gasteiger partial charge in [0, 0.05) is 0 Å². The van der Waals surface area contributed by atoms with Crippen molar-refractivity contribution in [1.82, 2.24) is 0 Å². The molecule has 25 heavy (non-hydrogen) atoms. The molecule has 0 saturated carbocycles. The first-order chi connectivity index (χ1) is 12.0. The topological polar surface area (TPSA) is 88.1 Å². The van der Waals surface area contributed by atoms with Crippen LogP contribution in [0.2, 0.25) is 0 Å². The van der Waals surface area contributed by atoms with Gasteiger partial charge >= 0.3 is 11.9 Å². The minimum Gasteiger partial charge on any atom is -0.468 e. The van der Waals surface area contributed by atoms with Crippen LogP contribution in [0.25, 0.3) is 0 Å². The maximum Gasteiger partial charge on any atom is 0.327 e. The highest BCUT2D eigenvalue weighted by molar-refractivity contribution is 6.12. The second-order valence-corrected chi connectivity index (χ2v) is 5.76. The van der Waals surface area contributed by atoms with Crippen molar-refractivity contribution < 1.29 is 33.3 Å². The number of esters is 2. The fraction of sp³-hybridized carbons (Fsp3) is 0.389. The normalized spacial score (nSPS) is 26.5. The van der Waals surface area contributed by atoms with E-state index in [0.717, 1.165) is 14.2 Å². The van der Waals surface area contributed by atoms with Gasteiger partial charge < -0.3 is 18.9 Å². The van der Waals surface area contributed by atoms with Gasteiger partial charge in [0.2, 0.25) is 11.7 Å². The number of hydrogen-bond acceptors (Lipinski definition) is 7. The Morgan fingerprint density at radius 2 is 1.80 bits per heavy atom. The van der Waals surface area contributed by atoms with E-state index >= 15 is 0 Å². The number of ether oxygens (including phenoxy) is 4. The highest BCUT2D eigenvalue weighted by Crippen LogP contribution is 2.51. The fourth-order valence-electron chi connectivity index (χ4n) is 3.49. The van der Waals surface area contributed by atoms with Crippen LogP contribution in [-0.4, -0.2) is 44.3 Å². The molecule has 1 aromatic carbocycles. The quantitative estimate of drug-likeness (QED) is 0.466. The van der Waals surface area contributed by atoms with Crippen LogP contribution in [-0.2, 0) is 23.8 Å². The standard InChI is InChI=1S/C18H18O7/c1-4-7-12-18(16(20)22-2,17(21)23-3)13-14(19)10-8-5-6-9-11(10)24-15(13)25-12/h4-9,12-13,15H,1-3H3/b7-4+/t12-,13+,15-/m1/s1. The molecule has 2 aliphatic rings. The number of fused-ring (bicyclic) bond motifs is 2. The number of hydrogen-bond donors (Lipinski definition) is 0. The number of ketones is 1. The molecule has 7 heteroatoms. The Balaban J connectivity index is 2.21. The molecule has 0 unspecified atom stereocenters. The Labute approximate surface area is 144 Å². The molecule has 0 bridgehead atoms. The average Bonchev–Trinajstić information content (AvgIpc) is 2.95. The van der Waals surface area contributed by atoms with Gasteiger partial charge in [-0.1, -0.05) is 24.3 Å². The lowest BCUT2D eigenvalue weighted by atomic mass is 9.68. The van der Waals surface area contributed by atoms with E-state index in [0.29, 0.717) is 5.75 Å². The van der Waals surface area contributed by atoms with Crippen molar-refractivity contribution in [2.24, 2.45) is 11.3 Å². The largest absolute Gasteiger partial charge is 0.468 e. The van der Waals surface area contributed by atoms with Gasteiger partial charge in [-0.2, -0.15) is 0 Å². The van der Waals surface area contributed by atoms with Gasteiger partial charge in [0.1, 0.15) is 17.8 Å². The second-order valence-electron chi connectivity index (χ2n) is 5.76. The number of rotatable bonds is 3. The molecular weight excluding hydrogens is 328 g/mol. The van der Waals surface area contributed by atoms with E-state index in [9.17, 15) is 14.4 Å². The summed E-state index contributed by atoms with van der Waals surface area (Å²) in [7, 11) is 2.30. The SMILES string of the molecule is C/C=C/[C@H]1O[C@H]2Oc3ccccc3C(=O)[C@@H]2C1(C(=O)OC)C(=O)OC. The minimum absolute atomic E-state index is 0.283. The summed E-state index contributed by atoms with van der Waals surface area (Å²) in [6.45, 7) is 1.71. The molecule has 1 aromatic rings. The number of carbonyl (C=O) groups excluding carboxylic acids is 3. The predicted octanol–water partition coefficient (Wildman–Crippen LogP) is 1.51. The zero-order chi connectivity index (χ0) is 18.2. The van der Waals surface area contributed by atoms with E-state index in [2.05, 4.69) is 0 Å². The summed E-state index contributed by atoms with van der Waals surface area (Å²) in [6.07, 6.45) is 1.00. The summed E-state index contributed by atoms with van der Waals surface area (Å²) in [6, 6.07) is 6.61. The van der Waals surface area contributed by atoms with E-state index in [1.54, 1.807) is 37.3 Å². The molecule has 1 fully saturated rings. The average molecular weight is 346 g/mol. The molecule has 0 spiro atoms. The molecule has 0 N–H and O–H groups in total. The van der Waals surface area contributed by atoms with Gasteiger partial charge in [0.25, 0.3) is 0 Å². The van der Waals surface area contributed by atoms with Crippen molar-refractivity contribution in [1.29, 1.82) is 0 Å². The molecule has 0 aromatic heterocycles. The molecule has 1 saturated heterocycles. The van der Waals surface area contributed by atoms with Gasteiger partial charge in [-0.05, 0) is 19.1 Å². The van der Waals surface area contributed by atoms with Crippen LogP contribution in [0.1, 0.15) is 17.3 Å². The molecule has 7 nitrogen and oxygen atoms in total. The highest BCUT2D eigenvalue weighted by Gasteiger charge is 2.71. The lowest BCUT2D eigenvalue weighted by Gasteiger charge is -2.33. The van der Waals surface area contributed by atoms with Gasteiger partial charge in [0.05, 0.1) is 19.8 Å². The minimum atomic E-state index is -1.97. The van der Waals surface area contributed by atoms with Crippen LogP contribution in [0.5, 0.6) is 5.75 Å². The Hall–Kier alpha value is -2.67. The maximum absolute atomic E-state index is 13.1. The summed E-state index contributed by atoms with van der Waals surface area (Å²) in [5.74, 6) is -3.07. The van der Waals surface area contributed by atoms with E-state index in [-0.39, 0.29) is 5.56 Å². The number of allylic oxidation sites excluding steroid dienone is 1. The zero-order valence-corrected chi connectivity index (χ0v) is 14.1. The number of methoxy groups -OCH3 is 2. The number of para-hydroxylation sites is 1. The van der Waals surface area contributed by atoms with Crippen LogP contribution in [0.4, 0.5) is 0 Å². The maximum atomic E-state index is 13.1. The van der Waals surface area contributed by atoms with Crippen LogP contribution in [0.15, 0.2) is 36.4 Å². The van der Waals surface area contributed by atoms with Gasteiger partial charge in [-0.3, -0.25) is 14.4 Å². The third-order valence-electron chi connectivity index (χ3n) is 4.58. The van der Waals surface area contributed by atoms with E-state index in [1.807, 2.05) is 0 Å². The molecule has 2 heterocycles. The monoisotopic (exact) mass is 346 g/mol. The molecule has 3 rings (SSSR count). The number of carbonyl (C=O) groups is 3. The molecular formula is C18H18O7. The lowest BCUT2D eigenvalue weighted by Crippen LogP contribution is -2.55. The van der Waals surface area contributed by atoms with Gasteiger partial charge in [-0.15, -0.1) is 0 Å². The van der Waals surface area contributed by atoms with E-state index < -0.39 is 41.4 Å². The summed E-state index contributed by atoms with van der Waals surface area (Å²) in [5, 5.41) is 0. The molecule has 0 radical (unpaired) electrons. The van der Waals surface area contributed by atoms with Crippen LogP contribution >= 0.6 is 0 Å². The number of Topliss-reactive ketones (excluding diaryl/α,β-unsaturated/α-hetero) is 1. The first-order valence-electron chi connectivity index (χ1n) is 7.77. The first kappa shape index (κ1) is 17.2. The van der Waals surface area contributed by atoms with Gasteiger partial charge in [-0.25, -0.2) is 0 Å². The Morgan fingerprint density at radius 3 is 2.40 bits per heavy atom. The molecule has 0 amide bonds. The van der Waals surface area contributed by atoms with Crippen LogP contribution < -0.4 is 4.74 Å². The van der Waals surface area contributed by atoms with Crippen LogP contribution in [0.3, 0.4) is 0 Å². The fourth-order valence-corrected chi connectivity index (χ4v) is 3.49. The highest BCUT2D eigenvalue weighted by atomic mass is 16.7. The Morgan fingerprint density at radius 1 is 1.16 bits per heavy atom. The van der Waals surface area contributed by atoms with Crippen molar-refractivity contribution in [3.63, 3.8) is 0 Å². The van der Waals surface area contributed by atoms with E-state index in [4.69, 9.17) is 18.9 Å². The van der Waals surface area contributed by atoms with Crippen LogP contribution in [0, 0.1) is 11.3 Å². The Kier molecular flexibility index (Phi) is 4.34. The molecule has 0 aliphatic carbocycles. The van der Waals surface area contributed by atoms with Crippen molar-refractivity contribution in [3.8, 4) is 5.75 Å². The molecule has 3 atom stereocenters. The molecule has 2 aliphatic heterocycles. The van der Waals surface area contributed by atoms with Gasteiger partial charge in [0.15, 0.2) is 5.78 Å². The van der Waals surface area contributed by atoms with E-state index in [1.165, 1.54) is 6.08 Å². The van der Waals surface area contributed by atoms with Crippen molar-refractivity contribution in [3.05, 3.63) is 42.0 Å². The summed E-state index contributed by atoms with van der Waals surface area (Å²) < 4.78 is 21.2. The number of benzene rings is 1. The van der Waals surface area contributed by atoms with Crippen molar-refractivity contribution in [2.45, 2.75) is 19.3 Å². The summed E-state index contributed by atoms with van der Waals surface area (Å²) in [4.78, 5) is 38.5. The zero-order valence-electron chi connectivity index (χ0n) is 14.1. The summed E-state index contributed by atoms with van der Waals surface area (Å²) in [5.41, 5.74) is -1.68. The first-order valence-corrected chi connectivity index (χ1v) is 7.77. The summed E-state index contributed by atoms with van der Waals surface area (Å²) >= 11 is 0. The van der Waals surface area contributed by atoms with Crippen molar-refractivity contribution >= 4 is 17.7 Å². The lowest BCUT2D eigenvalue weighted by molar-refractivity contribution is -0.173. The Bertz CT molecular complexity index is 736. The third kappa shape index (κ3) is 2.26. The molecule has 132 valence electrons. The second kappa shape index (κ2) is 6.33. The third-order valence-corrected chi connectivity index (χ3v) is 4.58.